The maximum atomic E-state index is 10.2. The van der Waals surface area contributed by atoms with Crippen molar-refractivity contribution in [1.82, 2.24) is 15.6 Å². The molecular formula is C7H16N4O2. The third kappa shape index (κ3) is 7.38. The van der Waals surface area contributed by atoms with Crippen LogP contribution >= 0.6 is 0 Å². The molecule has 0 aromatic heterocycles. The van der Waals surface area contributed by atoms with E-state index in [0.717, 1.165) is 11.7 Å². The van der Waals surface area contributed by atoms with E-state index in [9.17, 15) is 4.91 Å². The van der Waals surface area contributed by atoms with Crippen molar-refractivity contribution in [2.75, 3.05) is 33.8 Å². The Balaban J connectivity index is 3.50. The van der Waals surface area contributed by atoms with E-state index in [1.165, 1.54) is 0 Å². The molecule has 0 spiro atoms. The lowest BCUT2D eigenvalue weighted by Gasteiger charge is -2.17. The Bertz CT molecular complexity index is 151. The topological polar surface area (TPSA) is 57.2 Å². The van der Waals surface area contributed by atoms with Crippen LogP contribution in [0.1, 0.15) is 0 Å². The molecular weight excluding hydrogens is 172 g/mol. The van der Waals surface area contributed by atoms with Crippen molar-refractivity contribution >= 4 is 0 Å². The van der Waals surface area contributed by atoms with Gasteiger partial charge in [0, 0.05) is 6.54 Å². The molecule has 6 heteroatoms. The van der Waals surface area contributed by atoms with Gasteiger partial charge in [0.05, 0.1) is 18.4 Å². The summed E-state index contributed by atoms with van der Waals surface area (Å²) in [4.78, 5) is 17.0. The van der Waals surface area contributed by atoms with E-state index in [0.29, 0.717) is 13.2 Å². The molecule has 0 bridgehead atoms. The van der Waals surface area contributed by atoms with Gasteiger partial charge in [-0.05, 0) is 14.1 Å². The number of nitrogens with zero attached hydrogens (tertiary/aromatic N) is 3. The molecule has 0 fully saturated rings. The maximum Gasteiger partial charge on any atom is 0.0883 e. The maximum absolute atomic E-state index is 10.2. The van der Waals surface area contributed by atoms with E-state index >= 15 is 0 Å². The summed E-state index contributed by atoms with van der Waals surface area (Å²) in [5.41, 5.74) is 2.38. The molecule has 0 aliphatic heterocycles. The van der Waals surface area contributed by atoms with Gasteiger partial charge in [-0.15, -0.1) is 11.5 Å². The van der Waals surface area contributed by atoms with Gasteiger partial charge >= 0.3 is 0 Å². The summed E-state index contributed by atoms with van der Waals surface area (Å²) in [5.74, 6) is 0. The summed E-state index contributed by atoms with van der Waals surface area (Å²) >= 11 is 0. The van der Waals surface area contributed by atoms with Crippen molar-refractivity contribution in [2.45, 2.75) is 0 Å². The van der Waals surface area contributed by atoms with E-state index in [2.05, 4.69) is 17.5 Å². The molecule has 0 aliphatic rings. The number of hydrazine groups is 1. The smallest absolute Gasteiger partial charge is 0.0883 e. The normalized spacial score (nSPS) is 10.1. The van der Waals surface area contributed by atoms with Gasteiger partial charge < -0.3 is 4.90 Å². The second-order valence-corrected chi connectivity index (χ2v) is 2.70. The fourth-order valence-corrected chi connectivity index (χ4v) is 0.569. The highest BCUT2D eigenvalue weighted by atomic mass is 16.7. The van der Waals surface area contributed by atoms with Crippen LogP contribution in [0.5, 0.6) is 0 Å². The molecule has 0 aromatic rings. The van der Waals surface area contributed by atoms with E-state index in [1.54, 1.807) is 6.08 Å². The molecule has 13 heavy (non-hydrogen) atoms. The molecule has 0 saturated heterocycles. The standard InChI is InChI=1S/C7H16N4O2/c1-4-7-13-9-11(8-12)6-5-10(2)3/h4,9H,1,5-7H2,2-3H3. The lowest BCUT2D eigenvalue weighted by Crippen LogP contribution is -2.38. The van der Waals surface area contributed by atoms with Crippen molar-refractivity contribution < 1.29 is 4.84 Å². The summed E-state index contributed by atoms with van der Waals surface area (Å²) in [6.07, 6.45) is 1.57. The summed E-state index contributed by atoms with van der Waals surface area (Å²) in [5, 5.41) is 3.80. The van der Waals surface area contributed by atoms with Crippen LogP contribution in [0.25, 0.3) is 0 Å². The predicted molar refractivity (Wildman–Crippen MR) is 50.3 cm³/mol. The first kappa shape index (κ1) is 12.0. The highest BCUT2D eigenvalue weighted by Crippen LogP contribution is 1.84. The Hall–Kier alpha value is -0.980. The molecule has 0 amide bonds. The lowest BCUT2D eigenvalue weighted by atomic mass is 10.6. The summed E-state index contributed by atoms with van der Waals surface area (Å²) in [6.45, 7) is 4.97. The third-order valence-corrected chi connectivity index (χ3v) is 1.23. The first-order chi connectivity index (χ1) is 6.20. The highest BCUT2D eigenvalue weighted by Gasteiger charge is 2.01. The molecule has 0 radical (unpaired) electrons. The van der Waals surface area contributed by atoms with Crippen LogP contribution in [0.15, 0.2) is 17.9 Å². The molecule has 76 valence electrons. The zero-order valence-corrected chi connectivity index (χ0v) is 8.06. The molecule has 0 heterocycles. The lowest BCUT2D eigenvalue weighted by molar-refractivity contribution is -0.0743. The Morgan fingerprint density at radius 1 is 1.54 bits per heavy atom. The Labute approximate surface area is 78.0 Å². The summed E-state index contributed by atoms with van der Waals surface area (Å²) in [6, 6.07) is 0. The van der Waals surface area contributed by atoms with Gasteiger partial charge in [0.1, 0.15) is 0 Å². The van der Waals surface area contributed by atoms with Crippen molar-refractivity contribution in [3.63, 3.8) is 0 Å². The summed E-state index contributed by atoms with van der Waals surface area (Å²) < 4.78 is 0. The van der Waals surface area contributed by atoms with Crippen LogP contribution in [0.3, 0.4) is 0 Å². The van der Waals surface area contributed by atoms with Crippen LogP contribution in [-0.4, -0.2) is 43.8 Å². The molecule has 6 nitrogen and oxygen atoms in total. The van der Waals surface area contributed by atoms with Gasteiger partial charge in [0.2, 0.25) is 0 Å². The van der Waals surface area contributed by atoms with Crippen LogP contribution < -0.4 is 5.59 Å². The molecule has 0 saturated carbocycles. The first-order valence-electron chi connectivity index (χ1n) is 3.94. The number of hydrogen-bond acceptors (Lipinski definition) is 5. The number of nitrogens with one attached hydrogen (secondary N) is 1. The van der Waals surface area contributed by atoms with Crippen molar-refractivity contribution in [1.29, 1.82) is 0 Å². The Kier molecular flexibility index (Phi) is 7.08. The number of rotatable bonds is 8. The Morgan fingerprint density at radius 3 is 2.69 bits per heavy atom. The molecule has 0 rings (SSSR count). The minimum atomic E-state index is 0.327. The van der Waals surface area contributed by atoms with E-state index in [-0.39, 0.29) is 0 Å². The first-order valence-corrected chi connectivity index (χ1v) is 3.94. The van der Waals surface area contributed by atoms with Crippen molar-refractivity contribution in [3.05, 3.63) is 17.6 Å². The van der Waals surface area contributed by atoms with Crippen LogP contribution in [-0.2, 0) is 4.84 Å². The van der Waals surface area contributed by atoms with E-state index in [1.807, 2.05) is 19.0 Å². The average molecular weight is 188 g/mol. The van der Waals surface area contributed by atoms with Gasteiger partial charge in [-0.25, -0.2) is 0 Å². The molecule has 1 N–H and O–H groups in total. The molecule has 0 atom stereocenters. The number of hydrogen-bond donors (Lipinski definition) is 1. The second-order valence-electron chi connectivity index (χ2n) is 2.70. The van der Waals surface area contributed by atoms with Gasteiger partial charge in [-0.2, -0.15) is 5.12 Å². The van der Waals surface area contributed by atoms with Crippen molar-refractivity contribution in [2.24, 2.45) is 5.29 Å². The zero-order chi connectivity index (χ0) is 10.1. The fraction of sp³-hybridized carbons (Fsp3) is 0.714. The minimum Gasteiger partial charge on any atom is -0.308 e. The van der Waals surface area contributed by atoms with Gasteiger partial charge in [-0.3, -0.25) is 4.84 Å². The second kappa shape index (κ2) is 7.66. The highest BCUT2D eigenvalue weighted by molar-refractivity contribution is 4.62. The molecule has 0 aliphatic carbocycles. The zero-order valence-electron chi connectivity index (χ0n) is 8.06. The van der Waals surface area contributed by atoms with E-state index < -0.39 is 0 Å². The predicted octanol–water partition coefficient (Wildman–Crippen LogP) is 0.154. The SMILES string of the molecule is C=CCONN(CCN(C)C)N=O. The van der Waals surface area contributed by atoms with E-state index in [4.69, 9.17) is 4.84 Å². The fourth-order valence-electron chi connectivity index (χ4n) is 0.569. The van der Waals surface area contributed by atoms with Gasteiger partial charge in [0.25, 0.3) is 0 Å². The average Bonchev–Trinajstić information content (AvgIpc) is 2.10. The molecule has 0 aromatic carbocycles. The number of nitroso groups, excluding NO2 is 1. The quantitative estimate of drug-likeness (QED) is 0.254. The van der Waals surface area contributed by atoms with Crippen LogP contribution in [0.4, 0.5) is 0 Å². The number of likely N-dealkylation sites (N-methyl/N-ethyl adjacent to an activating group) is 1. The summed E-state index contributed by atoms with van der Waals surface area (Å²) in [7, 11) is 3.82. The largest absolute Gasteiger partial charge is 0.308 e. The van der Waals surface area contributed by atoms with Crippen LogP contribution in [0, 0.1) is 4.91 Å². The van der Waals surface area contributed by atoms with Crippen molar-refractivity contribution in [3.8, 4) is 0 Å². The van der Waals surface area contributed by atoms with Crippen LogP contribution in [0.2, 0.25) is 0 Å². The minimum absolute atomic E-state index is 0.327. The van der Waals surface area contributed by atoms with Gasteiger partial charge in [0.15, 0.2) is 0 Å². The third-order valence-electron chi connectivity index (χ3n) is 1.23. The molecule has 0 unspecified atom stereocenters. The monoisotopic (exact) mass is 188 g/mol. The van der Waals surface area contributed by atoms with Gasteiger partial charge in [-0.1, -0.05) is 11.7 Å². The Morgan fingerprint density at radius 2 is 2.23 bits per heavy atom.